The average Bonchev–Trinajstić information content (AvgIpc) is 2.91. The number of nitrogens with one attached hydrogen (secondary N) is 1. The Hall–Kier alpha value is -1.78. The number of hydrogen-bond donors (Lipinski definition) is 2. The predicted octanol–water partition coefficient (Wildman–Crippen LogP) is 1.44. The van der Waals surface area contributed by atoms with Crippen molar-refractivity contribution in [3.63, 3.8) is 0 Å². The van der Waals surface area contributed by atoms with Crippen LogP contribution < -0.4 is 10.9 Å². The first-order valence-electron chi connectivity index (χ1n) is 5.78. The molecule has 1 aromatic carbocycles. The van der Waals surface area contributed by atoms with E-state index in [1.54, 1.807) is 12.1 Å². The molecule has 1 unspecified atom stereocenters. The lowest BCUT2D eigenvalue weighted by molar-refractivity contribution is -0.991. The van der Waals surface area contributed by atoms with Crippen molar-refractivity contribution in [2.45, 2.75) is 4.34 Å². The fourth-order valence-corrected chi connectivity index (χ4v) is 3.13. The Bertz CT molecular complexity index is 842. The minimum absolute atomic E-state index is 0.153. The third kappa shape index (κ3) is 2.69. The molecule has 108 valence electrons. The molecule has 0 aliphatic carbocycles. The van der Waals surface area contributed by atoms with Gasteiger partial charge in [-0.15, -0.1) is 0 Å². The van der Waals surface area contributed by atoms with Gasteiger partial charge in [0.2, 0.25) is 5.89 Å². The SMILES string of the molecule is CSc1nc2c(=O)oc(-c3ccc([NH+]([O-])O)cc3)nc2s1. The largest absolute Gasteiger partial charge is 0.595 e. The van der Waals surface area contributed by atoms with E-state index in [9.17, 15) is 10.0 Å². The molecule has 2 aromatic heterocycles. The van der Waals surface area contributed by atoms with Crippen LogP contribution in [0.3, 0.4) is 0 Å². The number of nitrogens with zero attached hydrogens (tertiary/aromatic N) is 2. The van der Waals surface area contributed by atoms with Gasteiger partial charge in [-0.2, -0.15) is 10.2 Å². The highest BCUT2D eigenvalue weighted by Gasteiger charge is 2.13. The van der Waals surface area contributed by atoms with Gasteiger partial charge in [-0.1, -0.05) is 23.1 Å². The summed E-state index contributed by atoms with van der Waals surface area (Å²) >= 11 is 2.75. The zero-order valence-corrected chi connectivity index (χ0v) is 12.3. The summed E-state index contributed by atoms with van der Waals surface area (Å²) in [5, 5.41) is 18.7. The van der Waals surface area contributed by atoms with E-state index in [0.29, 0.717) is 10.4 Å². The van der Waals surface area contributed by atoms with Crippen molar-refractivity contribution in [1.29, 1.82) is 0 Å². The lowest BCUT2D eigenvalue weighted by atomic mass is 10.2. The van der Waals surface area contributed by atoms with Crippen LogP contribution in [0.2, 0.25) is 0 Å². The number of aromatic nitrogens is 2. The maximum Gasteiger partial charge on any atom is 0.366 e. The Balaban J connectivity index is 2.09. The first-order valence-corrected chi connectivity index (χ1v) is 7.82. The van der Waals surface area contributed by atoms with Gasteiger partial charge in [0.25, 0.3) is 0 Å². The van der Waals surface area contributed by atoms with E-state index < -0.39 is 10.9 Å². The number of rotatable bonds is 3. The summed E-state index contributed by atoms with van der Waals surface area (Å²) in [6.45, 7) is 0. The van der Waals surface area contributed by atoms with Crippen LogP contribution in [0.1, 0.15) is 0 Å². The van der Waals surface area contributed by atoms with Crippen molar-refractivity contribution in [3.05, 3.63) is 39.9 Å². The molecule has 0 fully saturated rings. The zero-order valence-electron chi connectivity index (χ0n) is 10.7. The quantitative estimate of drug-likeness (QED) is 0.555. The minimum atomic E-state index is -1.02. The lowest BCUT2D eigenvalue weighted by Crippen LogP contribution is -2.99. The van der Waals surface area contributed by atoms with Crippen LogP contribution in [-0.2, 0) is 0 Å². The smallest absolute Gasteiger partial charge is 0.366 e. The molecule has 1 atom stereocenters. The van der Waals surface area contributed by atoms with Crippen LogP contribution in [0, 0.1) is 5.21 Å². The molecule has 7 nitrogen and oxygen atoms in total. The number of thiazole rings is 1. The summed E-state index contributed by atoms with van der Waals surface area (Å²) in [5.74, 6) is 0.153. The van der Waals surface area contributed by atoms with Gasteiger partial charge < -0.3 is 9.62 Å². The second-order valence-corrected chi connectivity index (χ2v) is 6.06. The molecule has 0 aliphatic heterocycles. The Morgan fingerprint density at radius 1 is 1.33 bits per heavy atom. The van der Waals surface area contributed by atoms with Gasteiger partial charge in [0.05, 0.1) is 0 Å². The minimum Gasteiger partial charge on any atom is -0.595 e. The number of hydrogen-bond acceptors (Lipinski definition) is 8. The topological polar surface area (TPSA) is 104 Å². The van der Waals surface area contributed by atoms with Crippen molar-refractivity contribution in [2.75, 3.05) is 6.26 Å². The molecule has 2 heterocycles. The van der Waals surface area contributed by atoms with Crippen molar-refractivity contribution in [3.8, 4) is 11.5 Å². The third-order valence-corrected chi connectivity index (χ3v) is 4.66. The molecule has 0 amide bonds. The standard InChI is InChI=1S/C12H9N3O4S2/c1-20-12-13-8-10(21-12)14-9(19-11(8)16)6-2-4-7(5-3-6)15(17)18/h2-5,15,17H,1H3. The molecule has 3 aromatic rings. The molecule has 0 saturated heterocycles. The average molecular weight is 323 g/mol. The lowest BCUT2D eigenvalue weighted by Gasteiger charge is -2.11. The number of quaternary nitrogens is 1. The van der Waals surface area contributed by atoms with Crippen LogP contribution in [0.4, 0.5) is 5.69 Å². The normalized spacial score (nSPS) is 12.7. The molecular formula is C12H9N3O4S2. The van der Waals surface area contributed by atoms with Gasteiger partial charge >= 0.3 is 5.63 Å². The monoisotopic (exact) mass is 323 g/mol. The van der Waals surface area contributed by atoms with Crippen molar-refractivity contribution < 1.29 is 14.9 Å². The molecule has 3 rings (SSSR count). The first-order chi connectivity index (χ1) is 10.1. The summed E-state index contributed by atoms with van der Waals surface area (Å²) in [4.78, 5) is 20.8. The van der Waals surface area contributed by atoms with Crippen molar-refractivity contribution in [2.24, 2.45) is 0 Å². The van der Waals surface area contributed by atoms with E-state index >= 15 is 0 Å². The molecule has 0 saturated carbocycles. The molecular weight excluding hydrogens is 314 g/mol. The van der Waals surface area contributed by atoms with Crippen LogP contribution in [0.5, 0.6) is 0 Å². The summed E-state index contributed by atoms with van der Waals surface area (Å²) in [5.41, 5.74) is 0.367. The molecule has 0 bridgehead atoms. The van der Waals surface area contributed by atoms with Crippen LogP contribution >= 0.6 is 23.1 Å². The second kappa shape index (κ2) is 5.54. The summed E-state index contributed by atoms with van der Waals surface area (Å²) in [7, 11) is 0. The maximum atomic E-state index is 11.9. The fourth-order valence-electron chi connectivity index (χ4n) is 1.72. The summed E-state index contributed by atoms with van der Waals surface area (Å²) in [6, 6.07) is 5.97. The number of benzene rings is 1. The molecule has 0 radical (unpaired) electrons. The van der Waals surface area contributed by atoms with E-state index in [2.05, 4.69) is 9.97 Å². The van der Waals surface area contributed by atoms with Gasteiger partial charge in [0.15, 0.2) is 20.4 Å². The van der Waals surface area contributed by atoms with E-state index in [4.69, 9.17) is 9.62 Å². The third-order valence-electron chi connectivity index (χ3n) is 2.73. The van der Waals surface area contributed by atoms with E-state index in [1.807, 2.05) is 6.26 Å². The van der Waals surface area contributed by atoms with E-state index in [1.165, 1.54) is 35.2 Å². The second-order valence-electron chi connectivity index (χ2n) is 4.03. The van der Waals surface area contributed by atoms with Crippen molar-refractivity contribution in [1.82, 2.24) is 9.97 Å². The van der Waals surface area contributed by atoms with Crippen molar-refractivity contribution >= 4 is 39.1 Å². The summed E-state index contributed by atoms with van der Waals surface area (Å²) < 4.78 is 5.89. The number of fused-ring (bicyclic) bond motifs is 1. The highest BCUT2D eigenvalue weighted by Crippen LogP contribution is 2.27. The van der Waals surface area contributed by atoms with Gasteiger partial charge in [0, 0.05) is 17.7 Å². The van der Waals surface area contributed by atoms with E-state index in [0.717, 1.165) is 4.34 Å². The van der Waals surface area contributed by atoms with Gasteiger partial charge in [-0.3, -0.25) is 0 Å². The van der Waals surface area contributed by atoms with Crippen LogP contribution in [0.15, 0.2) is 37.8 Å². The Morgan fingerprint density at radius 3 is 2.67 bits per heavy atom. The first kappa shape index (κ1) is 14.2. The van der Waals surface area contributed by atoms with Gasteiger partial charge in [-0.25, -0.2) is 15.0 Å². The highest BCUT2D eigenvalue weighted by atomic mass is 32.2. The number of thioether (sulfide) groups is 1. The Morgan fingerprint density at radius 2 is 2.05 bits per heavy atom. The predicted molar refractivity (Wildman–Crippen MR) is 78.9 cm³/mol. The fraction of sp³-hybridized carbons (Fsp3) is 0.0833. The van der Waals surface area contributed by atoms with Crippen LogP contribution in [0.25, 0.3) is 21.8 Å². The Labute approximate surface area is 126 Å². The molecule has 9 heteroatoms. The van der Waals surface area contributed by atoms with E-state index in [-0.39, 0.29) is 17.1 Å². The zero-order chi connectivity index (χ0) is 15.0. The maximum absolute atomic E-state index is 11.9. The van der Waals surface area contributed by atoms with Crippen LogP contribution in [-0.4, -0.2) is 21.4 Å². The summed E-state index contributed by atoms with van der Waals surface area (Å²) in [6.07, 6.45) is 1.87. The molecule has 0 spiro atoms. The van der Waals surface area contributed by atoms with Gasteiger partial charge in [0.1, 0.15) is 0 Å². The molecule has 21 heavy (non-hydrogen) atoms. The van der Waals surface area contributed by atoms with Gasteiger partial charge in [-0.05, 0) is 18.4 Å². The highest BCUT2D eigenvalue weighted by molar-refractivity contribution is 8.00. The Kier molecular flexibility index (Phi) is 3.74. The molecule has 0 aliphatic rings. The molecule has 2 N–H and O–H groups in total.